The number of rotatable bonds is 7. The molecule has 1 fully saturated rings. The third-order valence-electron chi connectivity index (χ3n) is 4.47. The smallest absolute Gasteiger partial charge is 0.335 e. The normalized spacial score (nSPS) is 25.7. The average Bonchev–Trinajstić information content (AvgIpc) is 2.64. The van der Waals surface area contributed by atoms with E-state index in [1.807, 2.05) is 0 Å². The molecule has 0 bridgehead atoms. The Hall–Kier alpha value is -3.64. The first-order valence-corrected chi connectivity index (χ1v) is 8.87. The standard InChI is InChI=1S/C19H20O12/c20-10-3-1-9(5-11(10)21)2-4-15(25)31-17-12(22)7-19(29,18(27)28)8-13(17)30-16(26)6-14(23)24/h1-5,12-13,17,20-22,29H,6-8H2,(H,23,24)(H,27,28). The van der Waals surface area contributed by atoms with Gasteiger partial charge in [0.25, 0.3) is 0 Å². The van der Waals surface area contributed by atoms with Gasteiger partial charge in [-0.3, -0.25) is 9.59 Å². The van der Waals surface area contributed by atoms with Gasteiger partial charge in [0.15, 0.2) is 23.2 Å². The monoisotopic (exact) mass is 440 g/mol. The van der Waals surface area contributed by atoms with Crippen LogP contribution >= 0.6 is 0 Å². The van der Waals surface area contributed by atoms with E-state index in [1.54, 1.807) is 0 Å². The number of hydrogen-bond acceptors (Lipinski definition) is 10. The summed E-state index contributed by atoms with van der Waals surface area (Å²) in [6, 6.07) is 3.70. The van der Waals surface area contributed by atoms with Crippen LogP contribution in [0.3, 0.4) is 0 Å². The van der Waals surface area contributed by atoms with E-state index < -0.39 is 72.8 Å². The first kappa shape index (κ1) is 23.6. The molecule has 12 nitrogen and oxygen atoms in total. The third-order valence-corrected chi connectivity index (χ3v) is 4.47. The topological polar surface area (TPSA) is 208 Å². The summed E-state index contributed by atoms with van der Waals surface area (Å²) in [6.07, 6.45) is -5.41. The highest BCUT2D eigenvalue weighted by Crippen LogP contribution is 2.33. The summed E-state index contributed by atoms with van der Waals surface area (Å²) < 4.78 is 9.91. The number of aromatic hydroxyl groups is 2. The molecule has 0 heterocycles. The molecule has 0 saturated heterocycles. The van der Waals surface area contributed by atoms with E-state index in [9.17, 15) is 44.7 Å². The molecule has 0 amide bonds. The molecule has 0 spiro atoms. The molecule has 1 aromatic rings. The van der Waals surface area contributed by atoms with Crippen molar-refractivity contribution >= 4 is 30.0 Å². The van der Waals surface area contributed by atoms with Crippen LogP contribution in [0, 0.1) is 0 Å². The van der Waals surface area contributed by atoms with Gasteiger partial charge in [0, 0.05) is 18.9 Å². The minimum Gasteiger partial charge on any atom is -0.504 e. The fraction of sp³-hybridized carbons (Fsp3) is 0.368. The van der Waals surface area contributed by atoms with E-state index >= 15 is 0 Å². The summed E-state index contributed by atoms with van der Waals surface area (Å²) in [4.78, 5) is 45.8. The summed E-state index contributed by atoms with van der Waals surface area (Å²) in [5.74, 6) is -6.36. The zero-order chi connectivity index (χ0) is 23.3. The second kappa shape index (κ2) is 9.45. The maximum Gasteiger partial charge on any atom is 0.335 e. The molecule has 168 valence electrons. The number of aliphatic hydroxyl groups is 2. The number of phenolic OH excluding ortho intramolecular Hbond substituents is 2. The Morgan fingerprint density at radius 2 is 1.74 bits per heavy atom. The summed E-state index contributed by atoms with van der Waals surface area (Å²) in [5, 5.41) is 56.9. The van der Waals surface area contributed by atoms with Crippen molar-refractivity contribution < 1.29 is 59.3 Å². The lowest BCUT2D eigenvalue weighted by Crippen LogP contribution is -2.58. The maximum atomic E-state index is 12.1. The number of ether oxygens (including phenoxy) is 2. The Morgan fingerprint density at radius 3 is 2.32 bits per heavy atom. The van der Waals surface area contributed by atoms with Gasteiger partial charge < -0.3 is 40.1 Å². The minimum atomic E-state index is -2.49. The Labute approximate surface area is 174 Å². The number of benzene rings is 1. The van der Waals surface area contributed by atoms with Gasteiger partial charge >= 0.3 is 23.9 Å². The molecule has 0 radical (unpaired) electrons. The number of carboxylic acid groups (broad SMARTS) is 2. The number of phenols is 2. The van der Waals surface area contributed by atoms with E-state index in [0.29, 0.717) is 5.56 Å². The van der Waals surface area contributed by atoms with Gasteiger partial charge in [-0.05, 0) is 23.8 Å². The van der Waals surface area contributed by atoms with Crippen molar-refractivity contribution in [3.05, 3.63) is 29.8 Å². The maximum absolute atomic E-state index is 12.1. The number of esters is 2. The van der Waals surface area contributed by atoms with E-state index in [2.05, 4.69) is 0 Å². The van der Waals surface area contributed by atoms with Crippen LogP contribution in [0.1, 0.15) is 24.8 Å². The van der Waals surface area contributed by atoms with Gasteiger partial charge in [-0.25, -0.2) is 9.59 Å². The molecular weight excluding hydrogens is 420 g/mol. The molecule has 6 N–H and O–H groups in total. The van der Waals surface area contributed by atoms with Crippen LogP contribution in [0.4, 0.5) is 0 Å². The first-order chi connectivity index (χ1) is 14.4. The van der Waals surface area contributed by atoms with Crippen molar-refractivity contribution in [3.63, 3.8) is 0 Å². The number of aliphatic hydroxyl groups excluding tert-OH is 1. The van der Waals surface area contributed by atoms with Crippen LogP contribution in [0.2, 0.25) is 0 Å². The van der Waals surface area contributed by atoms with Gasteiger partial charge in [-0.15, -0.1) is 0 Å². The number of hydrogen-bond donors (Lipinski definition) is 6. The molecule has 12 heteroatoms. The van der Waals surface area contributed by atoms with Crippen LogP contribution in [-0.2, 0) is 28.7 Å². The van der Waals surface area contributed by atoms with Crippen molar-refractivity contribution in [1.82, 2.24) is 0 Å². The highest BCUT2D eigenvalue weighted by molar-refractivity contribution is 5.90. The van der Waals surface area contributed by atoms with Gasteiger partial charge in [0.1, 0.15) is 12.5 Å². The van der Waals surface area contributed by atoms with Crippen LogP contribution in [0.5, 0.6) is 11.5 Å². The van der Waals surface area contributed by atoms with Crippen molar-refractivity contribution in [3.8, 4) is 11.5 Å². The lowest BCUT2D eigenvalue weighted by Gasteiger charge is -2.40. The first-order valence-electron chi connectivity index (χ1n) is 8.87. The van der Waals surface area contributed by atoms with Crippen molar-refractivity contribution in [2.75, 3.05) is 0 Å². The molecule has 1 aliphatic rings. The van der Waals surface area contributed by atoms with Gasteiger partial charge in [-0.1, -0.05) is 6.07 Å². The summed E-state index contributed by atoms with van der Waals surface area (Å²) in [7, 11) is 0. The lowest BCUT2D eigenvalue weighted by molar-refractivity contribution is -0.206. The molecule has 0 aromatic heterocycles. The van der Waals surface area contributed by atoms with Crippen LogP contribution in [0.15, 0.2) is 24.3 Å². The van der Waals surface area contributed by atoms with E-state index in [1.165, 1.54) is 18.2 Å². The van der Waals surface area contributed by atoms with Crippen molar-refractivity contribution in [1.29, 1.82) is 0 Å². The second-order valence-corrected chi connectivity index (χ2v) is 6.89. The van der Waals surface area contributed by atoms with Crippen LogP contribution in [0.25, 0.3) is 6.08 Å². The Kier molecular flexibility index (Phi) is 7.20. The molecule has 4 unspecified atom stereocenters. The highest BCUT2D eigenvalue weighted by atomic mass is 16.6. The fourth-order valence-corrected chi connectivity index (χ4v) is 3.00. The highest BCUT2D eigenvalue weighted by Gasteiger charge is 2.52. The Bertz CT molecular complexity index is 907. The fourth-order valence-electron chi connectivity index (χ4n) is 3.00. The number of aliphatic carboxylic acids is 2. The Morgan fingerprint density at radius 1 is 1.06 bits per heavy atom. The summed E-state index contributed by atoms with van der Waals surface area (Å²) in [6.45, 7) is 0. The van der Waals surface area contributed by atoms with Gasteiger partial charge in [-0.2, -0.15) is 0 Å². The van der Waals surface area contributed by atoms with E-state index in [4.69, 9.17) is 14.6 Å². The minimum absolute atomic E-state index is 0.307. The Balaban J connectivity index is 2.17. The molecule has 1 aromatic carbocycles. The molecule has 31 heavy (non-hydrogen) atoms. The molecule has 2 rings (SSSR count). The van der Waals surface area contributed by atoms with Gasteiger partial charge in [0.05, 0.1) is 6.10 Å². The molecular formula is C19H20O12. The molecule has 1 aliphatic carbocycles. The van der Waals surface area contributed by atoms with Crippen molar-refractivity contribution in [2.45, 2.75) is 43.2 Å². The summed E-state index contributed by atoms with van der Waals surface area (Å²) >= 11 is 0. The summed E-state index contributed by atoms with van der Waals surface area (Å²) in [5.41, 5.74) is -2.18. The predicted octanol–water partition coefficient (Wildman–Crippen LogP) is -0.620. The zero-order valence-corrected chi connectivity index (χ0v) is 15.9. The zero-order valence-electron chi connectivity index (χ0n) is 15.9. The number of carbonyl (C=O) groups excluding carboxylic acids is 2. The van der Waals surface area contributed by atoms with Crippen LogP contribution in [-0.4, -0.2) is 78.4 Å². The molecule has 1 saturated carbocycles. The van der Waals surface area contributed by atoms with E-state index in [-0.39, 0.29) is 5.75 Å². The number of carbonyl (C=O) groups is 4. The SMILES string of the molecule is O=C(O)CC(=O)OC1CC(O)(C(=O)O)CC(O)C1OC(=O)C=Cc1ccc(O)c(O)c1. The molecule has 4 atom stereocenters. The third kappa shape index (κ3) is 6.17. The van der Waals surface area contributed by atoms with Crippen LogP contribution < -0.4 is 0 Å². The van der Waals surface area contributed by atoms with Crippen molar-refractivity contribution in [2.24, 2.45) is 0 Å². The average molecular weight is 440 g/mol. The predicted molar refractivity (Wildman–Crippen MR) is 98.6 cm³/mol. The number of carboxylic acids is 2. The van der Waals surface area contributed by atoms with E-state index in [0.717, 1.165) is 12.1 Å². The lowest BCUT2D eigenvalue weighted by atomic mass is 9.79. The second-order valence-electron chi connectivity index (χ2n) is 6.89. The van der Waals surface area contributed by atoms with Gasteiger partial charge in [0.2, 0.25) is 0 Å². The largest absolute Gasteiger partial charge is 0.504 e. The molecule has 0 aliphatic heterocycles. The quantitative estimate of drug-likeness (QED) is 0.136.